The standard InChI is InChI=1S/C19H29NO/c1-16-8-6-9-17(14-16)19(21)11-7-10-18(19)15-20-12-4-2-3-5-13-20/h6,8-9,14,18,21H,2-5,7,10-13,15H2,1H3. The second kappa shape index (κ2) is 6.50. The van der Waals surface area contributed by atoms with Crippen molar-refractivity contribution in [3.05, 3.63) is 35.4 Å². The van der Waals surface area contributed by atoms with Crippen LogP contribution in [0.5, 0.6) is 0 Å². The molecule has 1 saturated carbocycles. The zero-order valence-corrected chi connectivity index (χ0v) is 13.4. The van der Waals surface area contributed by atoms with E-state index in [-0.39, 0.29) is 0 Å². The van der Waals surface area contributed by atoms with Crippen LogP contribution in [0.15, 0.2) is 24.3 Å². The molecule has 1 aromatic rings. The van der Waals surface area contributed by atoms with E-state index in [4.69, 9.17) is 0 Å². The van der Waals surface area contributed by atoms with Gasteiger partial charge in [0.15, 0.2) is 0 Å². The van der Waals surface area contributed by atoms with Crippen molar-refractivity contribution in [1.82, 2.24) is 4.90 Å². The number of hydrogen-bond acceptors (Lipinski definition) is 2. The van der Waals surface area contributed by atoms with E-state index in [1.165, 1.54) is 50.8 Å². The number of benzene rings is 1. The monoisotopic (exact) mass is 287 g/mol. The van der Waals surface area contributed by atoms with E-state index in [1.807, 2.05) is 0 Å². The summed E-state index contributed by atoms with van der Waals surface area (Å²) in [4.78, 5) is 2.60. The molecule has 3 rings (SSSR count). The first-order chi connectivity index (χ1) is 10.2. The molecule has 2 atom stereocenters. The summed E-state index contributed by atoms with van der Waals surface area (Å²) in [5, 5.41) is 11.3. The quantitative estimate of drug-likeness (QED) is 0.912. The Morgan fingerprint density at radius 1 is 1.14 bits per heavy atom. The van der Waals surface area contributed by atoms with Crippen LogP contribution in [0.2, 0.25) is 0 Å². The van der Waals surface area contributed by atoms with E-state index in [9.17, 15) is 5.11 Å². The van der Waals surface area contributed by atoms with Gasteiger partial charge in [0.1, 0.15) is 0 Å². The van der Waals surface area contributed by atoms with Gasteiger partial charge in [0.2, 0.25) is 0 Å². The van der Waals surface area contributed by atoms with Crippen LogP contribution in [0.25, 0.3) is 0 Å². The fourth-order valence-corrected chi connectivity index (χ4v) is 4.23. The van der Waals surface area contributed by atoms with Gasteiger partial charge in [-0.05, 0) is 57.7 Å². The summed E-state index contributed by atoms with van der Waals surface area (Å²) in [6, 6.07) is 8.50. The lowest BCUT2D eigenvalue weighted by atomic mass is 9.83. The number of hydrogen-bond donors (Lipinski definition) is 1. The molecule has 1 aromatic carbocycles. The predicted molar refractivity (Wildman–Crippen MR) is 87.3 cm³/mol. The summed E-state index contributed by atoms with van der Waals surface area (Å²) in [7, 11) is 0. The third kappa shape index (κ3) is 3.32. The van der Waals surface area contributed by atoms with E-state index >= 15 is 0 Å². The number of aryl methyl sites for hydroxylation is 1. The Bertz CT molecular complexity index is 464. The van der Waals surface area contributed by atoms with E-state index in [0.29, 0.717) is 5.92 Å². The molecule has 1 saturated heterocycles. The molecular formula is C19H29NO. The minimum absolute atomic E-state index is 0.400. The number of likely N-dealkylation sites (tertiary alicyclic amines) is 1. The van der Waals surface area contributed by atoms with Crippen molar-refractivity contribution < 1.29 is 5.11 Å². The van der Waals surface area contributed by atoms with Crippen LogP contribution in [0.3, 0.4) is 0 Å². The third-order valence-corrected chi connectivity index (χ3v) is 5.48. The first kappa shape index (κ1) is 15.1. The van der Waals surface area contributed by atoms with Gasteiger partial charge in [-0.15, -0.1) is 0 Å². The second-order valence-corrected chi connectivity index (χ2v) is 7.10. The number of rotatable bonds is 3. The van der Waals surface area contributed by atoms with Gasteiger partial charge < -0.3 is 10.0 Å². The molecule has 2 nitrogen and oxygen atoms in total. The summed E-state index contributed by atoms with van der Waals surface area (Å²) in [5.74, 6) is 0.400. The van der Waals surface area contributed by atoms with E-state index in [2.05, 4.69) is 36.1 Å². The highest BCUT2D eigenvalue weighted by Gasteiger charge is 2.43. The number of nitrogens with zero attached hydrogens (tertiary/aromatic N) is 1. The van der Waals surface area contributed by atoms with Crippen molar-refractivity contribution in [3.8, 4) is 0 Å². The van der Waals surface area contributed by atoms with E-state index < -0.39 is 5.60 Å². The molecule has 1 heterocycles. The third-order valence-electron chi connectivity index (χ3n) is 5.48. The van der Waals surface area contributed by atoms with Crippen molar-refractivity contribution >= 4 is 0 Å². The molecule has 1 N–H and O–H groups in total. The lowest BCUT2D eigenvalue weighted by Gasteiger charge is -2.34. The maximum atomic E-state index is 11.3. The van der Waals surface area contributed by atoms with Crippen LogP contribution in [0.4, 0.5) is 0 Å². The lowest BCUT2D eigenvalue weighted by molar-refractivity contribution is -0.0155. The van der Waals surface area contributed by atoms with Crippen molar-refractivity contribution in [1.29, 1.82) is 0 Å². The van der Waals surface area contributed by atoms with Crippen LogP contribution < -0.4 is 0 Å². The van der Waals surface area contributed by atoms with Gasteiger partial charge in [-0.25, -0.2) is 0 Å². The fourth-order valence-electron chi connectivity index (χ4n) is 4.23. The normalized spacial score (nSPS) is 31.2. The molecule has 116 valence electrons. The lowest BCUT2D eigenvalue weighted by Crippen LogP contribution is -2.39. The highest BCUT2D eigenvalue weighted by molar-refractivity contribution is 5.29. The zero-order valence-electron chi connectivity index (χ0n) is 13.4. The summed E-state index contributed by atoms with van der Waals surface area (Å²) in [6.45, 7) is 5.64. The summed E-state index contributed by atoms with van der Waals surface area (Å²) < 4.78 is 0. The second-order valence-electron chi connectivity index (χ2n) is 7.10. The largest absolute Gasteiger partial charge is 0.385 e. The van der Waals surface area contributed by atoms with Crippen molar-refractivity contribution in [2.45, 2.75) is 57.5 Å². The Morgan fingerprint density at radius 3 is 2.62 bits per heavy atom. The molecular weight excluding hydrogens is 258 g/mol. The average Bonchev–Trinajstić information content (AvgIpc) is 2.69. The fraction of sp³-hybridized carbons (Fsp3) is 0.684. The Labute approximate surface area is 129 Å². The molecule has 2 fully saturated rings. The van der Waals surface area contributed by atoms with Gasteiger partial charge in [-0.2, -0.15) is 0 Å². The molecule has 0 amide bonds. The molecule has 1 aliphatic heterocycles. The van der Waals surface area contributed by atoms with E-state index in [1.54, 1.807) is 0 Å². The van der Waals surface area contributed by atoms with Crippen LogP contribution in [-0.2, 0) is 5.60 Å². The topological polar surface area (TPSA) is 23.5 Å². The minimum atomic E-state index is -0.599. The maximum absolute atomic E-state index is 11.3. The van der Waals surface area contributed by atoms with Crippen LogP contribution >= 0.6 is 0 Å². The summed E-state index contributed by atoms with van der Waals surface area (Å²) in [5.41, 5.74) is 1.79. The van der Waals surface area contributed by atoms with E-state index in [0.717, 1.165) is 24.9 Å². The van der Waals surface area contributed by atoms with Crippen LogP contribution in [0.1, 0.15) is 56.1 Å². The Hall–Kier alpha value is -0.860. The van der Waals surface area contributed by atoms with Gasteiger partial charge in [-0.3, -0.25) is 0 Å². The van der Waals surface area contributed by atoms with Crippen molar-refractivity contribution in [2.75, 3.05) is 19.6 Å². The van der Waals surface area contributed by atoms with Gasteiger partial charge in [-0.1, -0.05) is 42.7 Å². The first-order valence-corrected chi connectivity index (χ1v) is 8.70. The Balaban J connectivity index is 1.74. The van der Waals surface area contributed by atoms with Gasteiger partial charge in [0, 0.05) is 12.5 Å². The van der Waals surface area contributed by atoms with Gasteiger partial charge in [0.25, 0.3) is 0 Å². The molecule has 0 spiro atoms. The summed E-state index contributed by atoms with van der Waals surface area (Å²) >= 11 is 0. The molecule has 0 radical (unpaired) electrons. The molecule has 0 aromatic heterocycles. The SMILES string of the molecule is Cc1cccc(C2(O)CCCC2CN2CCCCCC2)c1. The van der Waals surface area contributed by atoms with Crippen LogP contribution in [0, 0.1) is 12.8 Å². The smallest absolute Gasteiger partial charge is 0.0936 e. The molecule has 2 unspecified atom stereocenters. The van der Waals surface area contributed by atoms with Gasteiger partial charge >= 0.3 is 0 Å². The molecule has 1 aliphatic carbocycles. The minimum Gasteiger partial charge on any atom is -0.385 e. The van der Waals surface area contributed by atoms with Crippen molar-refractivity contribution in [3.63, 3.8) is 0 Å². The Kier molecular flexibility index (Phi) is 4.66. The summed E-state index contributed by atoms with van der Waals surface area (Å²) in [6.07, 6.45) is 8.66. The first-order valence-electron chi connectivity index (χ1n) is 8.70. The average molecular weight is 287 g/mol. The number of aliphatic hydroxyl groups is 1. The highest BCUT2D eigenvalue weighted by atomic mass is 16.3. The molecule has 2 heteroatoms. The predicted octanol–water partition coefficient (Wildman–Crippen LogP) is 3.86. The highest BCUT2D eigenvalue weighted by Crippen LogP contribution is 2.44. The van der Waals surface area contributed by atoms with Crippen LogP contribution in [-0.4, -0.2) is 29.6 Å². The zero-order chi connectivity index (χ0) is 14.7. The molecule has 2 aliphatic rings. The molecule has 21 heavy (non-hydrogen) atoms. The maximum Gasteiger partial charge on any atom is 0.0936 e. The van der Waals surface area contributed by atoms with Crippen molar-refractivity contribution in [2.24, 2.45) is 5.92 Å². The molecule has 0 bridgehead atoms. The van der Waals surface area contributed by atoms with Gasteiger partial charge in [0.05, 0.1) is 5.60 Å². The Morgan fingerprint density at radius 2 is 1.90 bits per heavy atom.